The van der Waals surface area contributed by atoms with E-state index in [1.54, 1.807) is 0 Å². The van der Waals surface area contributed by atoms with Gasteiger partial charge >= 0.3 is 0 Å². The molecule has 2 atom stereocenters. The highest BCUT2D eigenvalue weighted by Crippen LogP contribution is 2.66. The van der Waals surface area contributed by atoms with Gasteiger partial charge in [0.2, 0.25) is 11.7 Å². The summed E-state index contributed by atoms with van der Waals surface area (Å²) in [7, 11) is 0. The highest BCUT2D eigenvalue weighted by molar-refractivity contribution is 6.53. The van der Waals surface area contributed by atoms with Gasteiger partial charge in [0.05, 0.1) is 22.2 Å². The molecule has 4 N–H and O–H groups in total. The van der Waals surface area contributed by atoms with Crippen molar-refractivity contribution in [2.75, 3.05) is 16.4 Å². The Balaban J connectivity index is 1.58. The average Bonchev–Trinajstić information content (AvgIpc) is 3.44. The van der Waals surface area contributed by atoms with Crippen LogP contribution in [0.2, 0.25) is 5.02 Å². The Morgan fingerprint density at radius 2 is 1.39 bits per heavy atom. The topological polar surface area (TPSA) is 84.2 Å². The Labute approximate surface area is 223 Å². The molecule has 0 spiro atoms. The van der Waals surface area contributed by atoms with E-state index in [0.717, 1.165) is 24.3 Å². The quantitative estimate of drug-likeness (QED) is 0.101. The lowest BCUT2D eigenvalue weighted by Crippen LogP contribution is -2.19. The van der Waals surface area contributed by atoms with Gasteiger partial charge in [-0.2, -0.15) is 0 Å². The molecular formula is C23H11Cl3F7N3O2. The molecule has 200 valence electrons. The van der Waals surface area contributed by atoms with Gasteiger partial charge in [0, 0.05) is 17.2 Å². The molecule has 15 heteroatoms. The fourth-order valence-electron chi connectivity index (χ4n) is 3.76. The zero-order valence-electron chi connectivity index (χ0n) is 18.2. The molecular weight excluding hydrogens is 590 g/mol. The van der Waals surface area contributed by atoms with Crippen molar-refractivity contribution in [2.24, 2.45) is 5.92 Å². The molecule has 2 unspecified atom stereocenters. The first kappa shape index (κ1) is 27.8. The lowest BCUT2D eigenvalue weighted by molar-refractivity contribution is -0.117. The van der Waals surface area contributed by atoms with E-state index in [2.05, 4.69) is 10.6 Å². The fraction of sp³-hybridized carbons (Fsp3) is 0.130. The molecule has 3 aromatic rings. The van der Waals surface area contributed by atoms with Gasteiger partial charge in [-0.05, 0) is 30.3 Å². The van der Waals surface area contributed by atoms with Crippen molar-refractivity contribution >= 4 is 63.7 Å². The van der Waals surface area contributed by atoms with E-state index in [-0.39, 0.29) is 16.3 Å². The van der Waals surface area contributed by atoms with Crippen LogP contribution in [0.4, 0.5) is 47.8 Å². The highest BCUT2D eigenvalue weighted by atomic mass is 35.5. The predicted octanol–water partition coefficient (Wildman–Crippen LogP) is 6.67. The molecule has 0 aliphatic heterocycles. The van der Waals surface area contributed by atoms with Gasteiger partial charge in [-0.3, -0.25) is 9.59 Å². The minimum absolute atomic E-state index is 0.129. The molecule has 1 aliphatic rings. The highest BCUT2D eigenvalue weighted by Gasteiger charge is 2.69. The van der Waals surface area contributed by atoms with Crippen LogP contribution in [0, 0.1) is 46.6 Å². The molecule has 1 fully saturated rings. The third-order valence-corrected chi connectivity index (χ3v) is 7.01. The van der Waals surface area contributed by atoms with E-state index < -0.39 is 85.6 Å². The van der Waals surface area contributed by atoms with Crippen molar-refractivity contribution < 1.29 is 40.3 Å². The Morgan fingerprint density at radius 1 is 0.816 bits per heavy atom. The first-order valence-corrected chi connectivity index (χ1v) is 11.4. The molecule has 0 heterocycles. The van der Waals surface area contributed by atoms with Crippen molar-refractivity contribution in [3.63, 3.8) is 0 Å². The van der Waals surface area contributed by atoms with Crippen LogP contribution in [0.25, 0.3) is 0 Å². The number of nitrogens with two attached hydrogens (primary N) is 1. The molecule has 2 amide bonds. The molecule has 0 aromatic heterocycles. The lowest BCUT2D eigenvalue weighted by atomic mass is 10.1. The fourth-order valence-corrected chi connectivity index (χ4v) is 4.76. The lowest BCUT2D eigenvalue weighted by Gasteiger charge is -2.12. The zero-order chi connectivity index (χ0) is 28.3. The van der Waals surface area contributed by atoms with Gasteiger partial charge in [0.15, 0.2) is 29.1 Å². The summed E-state index contributed by atoms with van der Waals surface area (Å²) in [6.07, 6.45) is 0. The number of amides is 2. The number of anilines is 3. The van der Waals surface area contributed by atoms with Crippen molar-refractivity contribution in [3.8, 4) is 0 Å². The molecule has 0 radical (unpaired) electrons. The molecule has 3 aromatic carbocycles. The maximum absolute atomic E-state index is 14.3. The minimum Gasteiger partial charge on any atom is -0.394 e. The number of halogens is 10. The van der Waals surface area contributed by atoms with Gasteiger partial charge in [0.1, 0.15) is 15.8 Å². The Kier molecular flexibility index (Phi) is 7.19. The van der Waals surface area contributed by atoms with Crippen LogP contribution in [-0.2, 0) is 4.79 Å². The van der Waals surface area contributed by atoms with E-state index in [1.807, 2.05) is 0 Å². The second-order valence-corrected chi connectivity index (χ2v) is 9.93. The van der Waals surface area contributed by atoms with Crippen molar-refractivity contribution in [1.82, 2.24) is 0 Å². The Bertz CT molecular complexity index is 1490. The number of rotatable bonds is 5. The third kappa shape index (κ3) is 4.61. The predicted molar refractivity (Wildman–Crippen MR) is 126 cm³/mol. The van der Waals surface area contributed by atoms with Crippen LogP contribution >= 0.6 is 34.8 Å². The van der Waals surface area contributed by atoms with E-state index in [1.165, 1.54) is 6.07 Å². The molecule has 1 saturated carbocycles. The van der Waals surface area contributed by atoms with E-state index in [4.69, 9.17) is 40.5 Å². The number of alkyl halides is 2. The maximum atomic E-state index is 14.3. The van der Waals surface area contributed by atoms with Gasteiger partial charge in [0.25, 0.3) is 5.91 Å². The van der Waals surface area contributed by atoms with Crippen molar-refractivity contribution in [2.45, 2.75) is 10.3 Å². The van der Waals surface area contributed by atoms with Gasteiger partial charge in [-0.25, -0.2) is 30.7 Å². The average molecular weight is 601 g/mol. The Morgan fingerprint density at radius 3 is 2.00 bits per heavy atom. The second-order valence-electron chi connectivity index (χ2n) is 8.07. The van der Waals surface area contributed by atoms with Crippen LogP contribution in [0.15, 0.2) is 30.3 Å². The van der Waals surface area contributed by atoms with Crippen LogP contribution in [0.3, 0.4) is 0 Å². The number of nitrogens with one attached hydrogen (secondary N) is 2. The summed E-state index contributed by atoms with van der Waals surface area (Å²) in [5.41, 5.74) is 2.15. The summed E-state index contributed by atoms with van der Waals surface area (Å²) < 4.78 is 94.5. The zero-order valence-corrected chi connectivity index (χ0v) is 20.5. The maximum Gasteiger partial charge on any atom is 0.257 e. The molecule has 0 bridgehead atoms. The summed E-state index contributed by atoms with van der Waals surface area (Å²) in [4.78, 5) is 25.4. The smallest absolute Gasteiger partial charge is 0.257 e. The van der Waals surface area contributed by atoms with Gasteiger partial charge < -0.3 is 16.4 Å². The number of hydrogen-bond acceptors (Lipinski definition) is 3. The van der Waals surface area contributed by atoms with Gasteiger partial charge in [-0.15, -0.1) is 23.2 Å². The summed E-state index contributed by atoms with van der Waals surface area (Å²) in [6, 6.07) is 5.11. The number of benzene rings is 3. The largest absolute Gasteiger partial charge is 0.394 e. The number of nitrogen functional groups attached to an aromatic ring is 1. The number of carbonyl (C=O) groups is 2. The Hall–Kier alpha value is -3.22. The number of carbonyl (C=O) groups excluding carboxylic acids is 2. The summed E-state index contributed by atoms with van der Waals surface area (Å²) in [6.45, 7) is 0. The van der Waals surface area contributed by atoms with Gasteiger partial charge in [-0.1, -0.05) is 11.6 Å². The molecule has 5 nitrogen and oxygen atoms in total. The molecule has 0 saturated heterocycles. The number of hydrogen-bond donors (Lipinski definition) is 3. The van der Waals surface area contributed by atoms with Crippen LogP contribution in [0.5, 0.6) is 0 Å². The standard InChI is InChI=1S/C23H11Cl3F7N3O2/c24-8-2-1-6(5-7(8)21(37)36-10-4-3-9(27)20(34)14(10)28)35-22(38)13-12(23(13,25)26)11-15(29)17(31)19(33)18(32)16(11)30/h1-5,12-13H,34H2,(H,35,38)(H,36,37). The van der Waals surface area contributed by atoms with E-state index >= 15 is 0 Å². The SMILES string of the molecule is Nc1c(F)ccc(NC(=O)c2cc(NC(=O)C3C(c4c(F)c(F)c(F)c(F)c4F)C3(Cl)Cl)ccc2Cl)c1F. The molecule has 1 aliphatic carbocycles. The van der Waals surface area contributed by atoms with Crippen LogP contribution < -0.4 is 16.4 Å². The summed E-state index contributed by atoms with van der Waals surface area (Å²) >= 11 is 17.9. The third-order valence-electron chi connectivity index (χ3n) is 5.74. The normalized spacial score (nSPS) is 17.7. The molecule has 38 heavy (non-hydrogen) atoms. The van der Waals surface area contributed by atoms with E-state index in [9.17, 15) is 40.3 Å². The first-order chi connectivity index (χ1) is 17.7. The summed E-state index contributed by atoms with van der Waals surface area (Å²) in [5.74, 6) is -19.1. The first-order valence-electron chi connectivity index (χ1n) is 10.2. The van der Waals surface area contributed by atoms with Crippen molar-refractivity contribution in [3.05, 3.63) is 87.2 Å². The monoisotopic (exact) mass is 599 g/mol. The van der Waals surface area contributed by atoms with Crippen LogP contribution in [-0.4, -0.2) is 16.1 Å². The van der Waals surface area contributed by atoms with Crippen molar-refractivity contribution in [1.29, 1.82) is 0 Å². The molecule has 4 rings (SSSR count). The summed E-state index contributed by atoms with van der Waals surface area (Å²) in [5, 5.41) is 4.23. The second kappa shape index (κ2) is 9.83. The van der Waals surface area contributed by atoms with Crippen LogP contribution in [0.1, 0.15) is 21.8 Å². The van der Waals surface area contributed by atoms with E-state index in [0.29, 0.717) is 0 Å². The minimum atomic E-state index is -2.39.